The van der Waals surface area contributed by atoms with Crippen molar-refractivity contribution in [1.82, 2.24) is 19.7 Å². The van der Waals surface area contributed by atoms with Crippen molar-refractivity contribution in [2.24, 2.45) is 0 Å². The molecule has 28 heavy (non-hydrogen) atoms. The van der Waals surface area contributed by atoms with E-state index < -0.39 is 4.92 Å². The lowest BCUT2D eigenvalue weighted by Crippen LogP contribution is -2.31. The van der Waals surface area contributed by atoms with Gasteiger partial charge in [-0.05, 0) is 36.4 Å². The van der Waals surface area contributed by atoms with Crippen LogP contribution in [0.4, 0.5) is 5.69 Å². The van der Waals surface area contributed by atoms with Crippen LogP contribution in [0.15, 0.2) is 55.1 Å². The molecule has 0 aliphatic carbocycles. The van der Waals surface area contributed by atoms with Crippen molar-refractivity contribution < 1.29 is 14.5 Å². The number of rotatable bonds is 7. The molecule has 0 radical (unpaired) electrons. The Morgan fingerprint density at radius 2 is 2.04 bits per heavy atom. The summed E-state index contributed by atoms with van der Waals surface area (Å²) in [5.41, 5.74) is 0.194. The van der Waals surface area contributed by atoms with E-state index in [-0.39, 0.29) is 29.5 Å². The molecule has 1 amide bonds. The predicted octanol–water partition coefficient (Wildman–Crippen LogP) is 2.98. The SMILES string of the molecule is CN(CCOc1ccc(Cl)cc1)C(=O)c1ccc(-n2cncn2)c([N+](=O)[O-])c1. The number of halogens is 1. The van der Waals surface area contributed by atoms with Crippen LogP contribution in [0.3, 0.4) is 0 Å². The molecule has 0 saturated carbocycles. The summed E-state index contributed by atoms with van der Waals surface area (Å²) in [6.45, 7) is 0.573. The summed E-state index contributed by atoms with van der Waals surface area (Å²) in [6.07, 6.45) is 2.63. The number of nitro benzene ring substituents is 1. The Hall–Kier alpha value is -3.46. The number of nitrogens with zero attached hydrogens (tertiary/aromatic N) is 5. The van der Waals surface area contributed by atoms with Gasteiger partial charge in [-0.15, -0.1) is 0 Å². The zero-order valence-corrected chi connectivity index (χ0v) is 15.6. The zero-order valence-electron chi connectivity index (χ0n) is 14.9. The Morgan fingerprint density at radius 1 is 1.29 bits per heavy atom. The Kier molecular flexibility index (Phi) is 5.85. The quantitative estimate of drug-likeness (QED) is 0.445. The standard InChI is InChI=1S/C18H16ClN5O4/c1-22(8-9-28-15-5-3-14(19)4-6-15)18(25)13-2-7-16(17(10-13)24(26)27)23-12-20-11-21-23/h2-7,10-12H,8-9H2,1H3. The molecule has 0 spiro atoms. The van der Waals surface area contributed by atoms with E-state index in [9.17, 15) is 14.9 Å². The molecule has 0 saturated heterocycles. The number of carbonyl (C=O) groups excluding carboxylic acids is 1. The van der Waals surface area contributed by atoms with Crippen LogP contribution in [0.2, 0.25) is 5.02 Å². The number of carbonyl (C=O) groups is 1. The number of nitro groups is 1. The second-order valence-corrected chi connectivity index (χ2v) is 6.27. The first kappa shape index (κ1) is 19.3. The van der Waals surface area contributed by atoms with E-state index in [1.165, 1.54) is 40.4 Å². The normalized spacial score (nSPS) is 10.5. The first-order valence-corrected chi connectivity index (χ1v) is 8.61. The fourth-order valence-electron chi connectivity index (χ4n) is 2.48. The largest absolute Gasteiger partial charge is 0.492 e. The van der Waals surface area contributed by atoms with Crippen LogP contribution in [0.5, 0.6) is 5.75 Å². The molecule has 2 aromatic carbocycles. The molecule has 1 aromatic heterocycles. The summed E-state index contributed by atoms with van der Waals surface area (Å²) >= 11 is 5.82. The average Bonchev–Trinajstić information content (AvgIpc) is 3.23. The molecule has 0 unspecified atom stereocenters. The third-order valence-electron chi connectivity index (χ3n) is 3.94. The molecule has 9 nitrogen and oxygen atoms in total. The van der Waals surface area contributed by atoms with Gasteiger partial charge in [-0.1, -0.05) is 11.6 Å². The van der Waals surface area contributed by atoms with Crippen LogP contribution >= 0.6 is 11.6 Å². The van der Waals surface area contributed by atoms with E-state index >= 15 is 0 Å². The molecule has 10 heteroatoms. The van der Waals surface area contributed by atoms with E-state index in [1.54, 1.807) is 31.3 Å². The highest BCUT2D eigenvalue weighted by Gasteiger charge is 2.21. The summed E-state index contributed by atoms with van der Waals surface area (Å²) in [6, 6.07) is 11.1. The van der Waals surface area contributed by atoms with Gasteiger partial charge in [0.15, 0.2) is 0 Å². The Balaban J connectivity index is 1.68. The molecule has 0 N–H and O–H groups in total. The third kappa shape index (κ3) is 4.44. The van der Waals surface area contributed by atoms with Gasteiger partial charge in [0, 0.05) is 23.7 Å². The molecule has 0 aliphatic heterocycles. The molecular formula is C18H16ClN5O4. The number of hydrogen-bond acceptors (Lipinski definition) is 6. The van der Waals surface area contributed by atoms with Crippen molar-refractivity contribution in [1.29, 1.82) is 0 Å². The van der Waals surface area contributed by atoms with Gasteiger partial charge in [0.1, 0.15) is 30.7 Å². The first-order valence-electron chi connectivity index (χ1n) is 8.23. The fraction of sp³-hybridized carbons (Fsp3) is 0.167. The molecule has 0 aliphatic rings. The van der Waals surface area contributed by atoms with Crippen molar-refractivity contribution in [3.8, 4) is 11.4 Å². The van der Waals surface area contributed by atoms with Gasteiger partial charge < -0.3 is 9.64 Å². The van der Waals surface area contributed by atoms with Crippen molar-refractivity contribution in [3.63, 3.8) is 0 Å². The summed E-state index contributed by atoms with van der Waals surface area (Å²) in [7, 11) is 1.60. The zero-order chi connectivity index (χ0) is 20.1. The van der Waals surface area contributed by atoms with Crippen LogP contribution in [-0.2, 0) is 0 Å². The average molecular weight is 402 g/mol. The topological polar surface area (TPSA) is 103 Å². The summed E-state index contributed by atoms with van der Waals surface area (Å²) < 4.78 is 6.84. The Bertz CT molecular complexity index is 976. The number of likely N-dealkylation sites (N-methyl/N-ethyl adjacent to an activating group) is 1. The minimum atomic E-state index is -0.558. The van der Waals surface area contributed by atoms with Crippen LogP contribution in [-0.4, -0.2) is 50.7 Å². The van der Waals surface area contributed by atoms with Crippen LogP contribution < -0.4 is 4.74 Å². The second kappa shape index (κ2) is 8.49. The van der Waals surface area contributed by atoms with E-state index in [1.807, 2.05) is 0 Å². The molecular weight excluding hydrogens is 386 g/mol. The van der Waals surface area contributed by atoms with Gasteiger partial charge >= 0.3 is 0 Å². The van der Waals surface area contributed by atoms with Gasteiger partial charge in [-0.3, -0.25) is 14.9 Å². The van der Waals surface area contributed by atoms with E-state index in [0.29, 0.717) is 17.3 Å². The predicted molar refractivity (Wildman–Crippen MR) is 102 cm³/mol. The van der Waals surface area contributed by atoms with Crippen molar-refractivity contribution in [2.45, 2.75) is 0 Å². The fourth-order valence-corrected chi connectivity index (χ4v) is 2.61. The van der Waals surface area contributed by atoms with Crippen LogP contribution in [0.1, 0.15) is 10.4 Å². The number of hydrogen-bond donors (Lipinski definition) is 0. The van der Waals surface area contributed by atoms with E-state index in [0.717, 1.165) is 0 Å². The van der Waals surface area contributed by atoms with E-state index in [4.69, 9.17) is 16.3 Å². The summed E-state index contributed by atoms with van der Waals surface area (Å²) in [5, 5.41) is 15.9. The van der Waals surface area contributed by atoms with Gasteiger partial charge in [-0.2, -0.15) is 5.10 Å². The highest BCUT2D eigenvalue weighted by Crippen LogP contribution is 2.24. The summed E-state index contributed by atoms with van der Waals surface area (Å²) in [4.78, 5) is 28.7. The Morgan fingerprint density at radius 3 is 2.68 bits per heavy atom. The minimum absolute atomic E-state index is 0.199. The number of amides is 1. The molecule has 144 valence electrons. The minimum Gasteiger partial charge on any atom is -0.492 e. The van der Waals surface area contributed by atoms with Crippen LogP contribution in [0.25, 0.3) is 5.69 Å². The maximum atomic E-state index is 12.6. The maximum Gasteiger partial charge on any atom is 0.295 e. The molecule has 0 bridgehead atoms. The lowest BCUT2D eigenvalue weighted by molar-refractivity contribution is -0.384. The lowest BCUT2D eigenvalue weighted by atomic mass is 10.1. The molecule has 0 fully saturated rings. The monoisotopic (exact) mass is 401 g/mol. The van der Waals surface area contributed by atoms with Crippen molar-refractivity contribution in [3.05, 3.63) is 75.8 Å². The molecule has 0 atom stereocenters. The molecule has 1 heterocycles. The highest BCUT2D eigenvalue weighted by molar-refractivity contribution is 6.30. The Labute approximate surface area is 165 Å². The number of benzene rings is 2. The smallest absolute Gasteiger partial charge is 0.295 e. The van der Waals surface area contributed by atoms with E-state index in [2.05, 4.69) is 10.1 Å². The van der Waals surface area contributed by atoms with Crippen LogP contribution in [0, 0.1) is 10.1 Å². The summed E-state index contributed by atoms with van der Waals surface area (Å²) in [5.74, 6) is 0.283. The van der Waals surface area contributed by atoms with Crippen molar-refractivity contribution >= 4 is 23.2 Å². The van der Waals surface area contributed by atoms with Gasteiger partial charge in [0.05, 0.1) is 11.5 Å². The number of ether oxygens (including phenoxy) is 1. The van der Waals surface area contributed by atoms with Gasteiger partial charge in [0.25, 0.3) is 11.6 Å². The van der Waals surface area contributed by atoms with Crippen molar-refractivity contribution in [2.75, 3.05) is 20.2 Å². The third-order valence-corrected chi connectivity index (χ3v) is 4.19. The highest BCUT2D eigenvalue weighted by atomic mass is 35.5. The van der Waals surface area contributed by atoms with Gasteiger partial charge in [0.2, 0.25) is 0 Å². The second-order valence-electron chi connectivity index (χ2n) is 5.83. The number of aromatic nitrogens is 3. The maximum absolute atomic E-state index is 12.6. The molecule has 3 aromatic rings. The lowest BCUT2D eigenvalue weighted by Gasteiger charge is -2.18. The van der Waals surface area contributed by atoms with Gasteiger partial charge in [-0.25, -0.2) is 9.67 Å². The first-order chi connectivity index (χ1) is 13.5. The molecule has 3 rings (SSSR count).